The number of benzene rings is 1. The second-order valence-corrected chi connectivity index (χ2v) is 7.06. The number of carbonyl (C=O) groups is 2. The van der Waals surface area contributed by atoms with Crippen LogP contribution in [0.1, 0.15) is 33.6 Å². The maximum absolute atomic E-state index is 12.6. The Labute approximate surface area is 167 Å². The SMILES string of the molecule is Cn1cccc(C(=O)N2CCC(CNC(=O)c3ccccc3[N+](=O)[O-])CC2)c1=O. The fraction of sp³-hybridized carbons (Fsp3) is 0.350. The van der Waals surface area contributed by atoms with Gasteiger partial charge < -0.3 is 14.8 Å². The molecule has 1 aromatic carbocycles. The van der Waals surface area contributed by atoms with Crippen LogP contribution in [-0.2, 0) is 7.05 Å². The molecule has 1 fully saturated rings. The predicted octanol–water partition coefficient (Wildman–Crippen LogP) is 1.58. The number of amides is 2. The number of nitrogens with one attached hydrogen (secondary N) is 1. The molecule has 29 heavy (non-hydrogen) atoms. The standard InChI is InChI=1S/C20H22N4O5/c1-22-10-4-6-16(19(22)26)20(27)23-11-8-14(9-12-23)13-21-18(25)15-5-2-3-7-17(15)24(28)29/h2-7,10,14H,8-9,11-13H2,1H3,(H,21,25). The Bertz CT molecular complexity index is 992. The van der Waals surface area contributed by atoms with Crippen LogP contribution >= 0.6 is 0 Å². The topological polar surface area (TPSA) is 115 Å². The molecule has 1 aliphatic rings. The highest BCUT2D eigenvalue weighted by molar-refractivity contribution is 5.98. The normalized spacial score (nSPS) is 14.4. The number of aromatic nitrogens is 1. The van der Waals surface area contributed by atoms with Crippen LogP contribution in [-0.4, -0.2) is 45.8 Å². The number of carbonyl (C=O) groups excluding carboxylic acids is 2. The third kappa shape index (κ3) is 4.50. The van der Waals surface area contributed by atoms with Gasteiger partial charge in [-0.2, -0.15) is 0 Å². The Morgan fingerprint density at radius 1 is 1.14 bits per heavy atom. The van der Waals surface area contributed by atoms with Gasteiger partial charge in [0.1, 0.15) is 11.1 Å². The van der Waals surface area contributed by atoms with E-state index in [9.17, 15) is 24.5 Å². The van der Waals surface area contributed by atoms with Crippen LogP contribution in [0.4, 0.5) is 5.69 Å². The molecular weight excluding hydrogens is 376 g/mol. The lowest BCUT2D eigenvalue weighted by molar-refractivity contribution is -0.385. The molecule has 152 valence electrons. The zero-order valence-corrected chi connectivity index (χ0v) is 16.0. The van der Waals surface area contributed by atoms with Gasteiger partial charge in [-0.3, -0.25) is 24.5 Å². The van der Waals surface area contributed by atoms with E-state index in [1.807, 2.05) is 0 Å². The van der Waals surface area contributed by atoms with Gasteiger partial charge in [-0.05, 0) is 37.0 Å². The summed E-state index contributed by atoms with van der Waals surface area (Å²) in [7, 11) is 1.60. The summed E-state index contributed by atoms with van der Waals surface area (Å²) >= 11 is 0. The number of nitro benzene ring substituents is 1. The van der Waals surface area contributed by atoms with E-state index in [1.54, 1.807) is 30.3 Å². The number of rotatable bonds is 5. The maximum atomic E-state index is 12.6. The second-order valence-electron chi connectivity index (χ2n) is 7.06. The number of aryl methyl sites for hydroxylation is 1. The smallest absolute Gasteiger partial charge is 0.282 e. The van der Waals surface area contributed by atoms with Crippen LogP contribution in [0.3, 0.4) is 0 Å². The van der Waals surface area contributed by atoms with Crippen LogP contribution in [0.2, 0.25) is 0 Å². The number of nitro groups is 1. The van der Waals surface area contributed by atoms with Crippen molar-refractivity contribution < 1.29 is 14.5 Å². The van der Waals surface area contributed by atoms with Crippen LogP contribution in [0.25, 0.3) is 0 Å². The first-order valence-corrected chi connectivity index (χ1v) is 9.35. The zero-order valence-electron chi connectivity index (χ0n) is 16.0. The van der Waals surface area contributed by atoms with Crippen molar-refractivity contribution in [1.82, 2.24) is 14.8 Å². The van der Waals surface area contributed by atoms with Gasteiger partial charge in [0.25, 0.3) is 23.1 Å². The number of likely N-dealkylation sites (tertiary alicyclic amines) is 1. The van der Waals surface area contributed by atoms with Crippen LogP contribution in [0.15, 0.2) is 47.4 Å². The van der Waals surface area contributed by atoms with Gasteiger partial charge in [0.05, 0.1) is 4.92 Å². The van der Waals surface area contributed by atoms with Crippen molar-refractivity contribution in [2.24, 2.45) is 13.0 Å². The molecule has 0 atom stereocenters. The lowest BCUT2D eigenvalue weighted by Crippen LogP contribution is -2.43. The number of nitrogens with zero attached hydrogens (tertiary/aromatic N) is 3. The summed E-state index contributed by atoms with van der Waals surface area (Å²) in [6.45, 7) is 1.35. The monoisotopic (exact) mass is 398 g/mol. The van der Waals surface area contributed by atoms with Gasteiger partial charge in [-0.25, -0.2) is 0 Å². The maximum Gasteiger partial charge on any atom is 0.282 e. The van der Waals surface area contributed by atoms with E-state index < -0.39 is 10.8 Å². The molecule has 0 bridgehead atoms. The number of hydrogen-bond donors (Lipinski definition) is 1. The van der Waals surface area contributed by atoms with E-state index in [-0.39, 0.29) is 34.2 Å². The van der Waals surface area contributed by atoms with Gasteiger partial charge in [0.2, 0.25) is 0 Å². The molecule has 2 heterocycles. The summed E-state index contributed by atoms with van der Waals surface area (Å²) in [6.07, 6.45) is 2.96. The van der Waals surface area contributed by atoms with Crippen molar-refractivity contribution in [2.45, 2.75) is 12.8 Å². The molecule has 0 radical (unpaired) electrons. The molecule has 1 saturated heterocycles. The Kier molecular flexibility index (Phi) is 6.06. The average Bonchev–Trinajstić information content (AvgIpc) is 2.74. The average molecular weight is 398 g/mol. The molecule has 3 rings (SSSR count). The summed E-state index contributed by atoms with van der Waals surface area (Å²) in [5.74, 6) is -0.610. The molecular formula is C20H22N4O5. The van der Waals surface area contributed by atoms with Crippen molar-refractivity contribution in [3.05, 3.63) is 74.2 Å². The third-order valence-electron chi connectivity index (χ3n) is 5.15. The van der Waals surface area contributed by atoms with Gasteiger partial charge in [0.15, 0.2) is 0 Å². The van der Waals surface area contributed by atoms with Crippen molar-refractivity contribution in [3.8, 4) is 0 Å². The second kappa shape index (κ2) is 8.68. The van der Waals surface area contributed by atoms with Crippen LogP contribution in [0.5, 0.6) is 0 Å². The lowest BCUT2D eigenvalue weighted by Gasteiger charge is -2.32. The largest absolute Gasteiger partial charge is 0.352 e. The highest BCUT2D eigenvalue weighted by Gasteiger charge is 2.26. The zero-order chi connectivity index (χ0) is 21.0. The molecule has 0 aliphatic carbocycles. The Morgan fingerprint density at radius 3 is 2.48 bits per heavy atom. The quantitative estimate of drug-likeness (QED) is 0.607. The highest BCUT2D eigenvalue weighted by Crippen LogP contribution is 2.20. The minimum Gasteiger partial charge on any atom is -0.352 e. The van der Waals surface area contributed by atoms with E-state index in [0.29, 0.717) is 32.5 Å². The van der Waals surface area contributed by atoms with E-state index in [0.717, 1.165) is 0 Å². The van der Waals surface area contributed by atoms with E-state index in [2.05, 4.69) is 5.32 Å². The van der Waals surface area contributed by atoms with Crippen molar-refractivity contribution in [1.29, 1.82) is 0 Å². The number of hydrogen-bond acceptors (Lipinski definition) is 5. The van der Waals surface area contributed by atoms with E-state index in [1.165, 1.54) is 28.8 Å². The third-order valence-corrected chi connectivity index (χ3v) is 5.15. The summed E-state index contributed by atoms with van der Waals surface area (Å²) < 4.78 is 1.37. The number of piperidine rings is 1. The summed E-state index contributed by atoms with van der Waals surface area (Å²) in [5.41, 5.74) is -0.366. The van der Waals surface area contributed by atoms with Crippen molar-refractivity contribution in [3.63, 3.8) is 0 Å². The number of para-hydroxylation sites is 1. The fourth-order valence-electron chi connectivity index (χ4n) is 3.43. The summed E-state index contributed by atoms with van der Waals surface area (Å²) in [5, 5.41) is 13.8. The molecule has 1 aliphatic heterocycles. The molecule has 2 aromatic rings. The molecule has 1 aromatic heterocycles. The first kappa shape index (κ1) is 20.2. The molecule has 0 spiro atoms. The lowest BCUT2D eigenvalue weighted by atomic mass is 9.96. The Morgan fingerprint density at radius 2 is 1.79 bits per heavy atom. The molecule has 0 saturated carbocycles. The Balaban J connectivity index is 1.55. The Hall–Kier alpha value is -3.49. The van der Waals surface area contributed by atoms with Crippen LogP contribution < -0.4 is 10.9 Å². The first-order chi connectivity index (χ1) is 13.9. The van der Waals surface area contributed by atoms with Gasteiger partial charge in [-0.15, -0.1) is 0 Å². The minimum absolute atomic E-state index is 0.0324. The fourth-order valence-corrected chi connectivity index (χ4v) is 3.43. The van der Waals surface area contributed by atoms with Gasteiger partial charge >= 0.3 is 0 Å². The molecule has 2 amide bonds. The van der Waals surface area contributed by atoms with E-state index >= 15 is 0 Å². The molecule has 0 unspecified atom stereocenters. The van der Waals surface area contributed by atoms with Gasteiger partial charge in [-0.1, -0.05) is 12.1 Å². The molecule has 1 N–H and O–H groups in total. The van der Waals surface area contributed by atoms with Crippen molar-refractivity contribution >= 4 is 17.5 Å². The number of pyridine rings is 1. The summed E-state index contributed by atoms with van der Waals surface area (Å²) in [6, 6.07) is 9.02. The molecule has 9 nitrogen and oxygen atoms in total. The first-order valence-electron chi connectivity index (χ1n) is 9.35. The summed E-state index contributed by atoms with van der Waals surface area (Å²) in [4.78, 5) is 49.2. The highest BCUT2D eigenvalue weighted by atomic mass is 16.6. The van der Waals surface area contributed by atoms with Gasteiger partial charge in [0, 0.05) is 38.9 Å². The molecule has 9 heteroatoms. The minimum atomic E-state index is -0.577. The van der Waals surface area contributed by atoms with Crippen LogP contribution in [0, 0.1) is 16.0 Å². The van der Waals surface area contributed by atoms with E-state index in [4.69, 9.17) is 0 Å². The van der Waals surface area contributed by atoms with Crippen molar-refractivity contribution in [2.75, 3.05) is 19.6 Å². The predicted molar refractivity (Wildman–Crippen MR) is 106 cm³/mol.